The molecule has 0 saturated carbocycles. The van der Waals surface area contributed by atoms with E-state index in [9.17, 15) is 9.59 Å². The number of carboxylic acids is 1. The minimum atomic E-state index is -0.789. The number of aliphatic carboxylic acids is 1. The van der Waals surface area contributed by atoms with Gasteiger partial charge in [-0.05, 0) is 19.3 Å². The third kappa shape index (κ3) is 21.2. The van der Waals surface area contributed by atoms with E-state index in [4.69, 9.17) is 16.8 Å². The van der Waals surface area contributed by atoms with Crippen molar-refractivity contribution in [2.24, 2.45) is 16.8 Å². The number of nitrogens with two attached hydrogens (primary N) is 2. The zero-order valence-electron chi connectivity index (χ0n) is 18.5. The molecule has 1 amide bonds. The van der Waals surface area contributed by atoms with Crippen LogP contribution in [0.1, 0.15) is 109 Å². The molecule has 0 radical (unpaired) electrons. The average molecular weight is 446 g/mol. The van der Waals surface area contributed by atoms with Crippen LogP contribution in [-0.4, -0.2) is 28.6 Å². The normalized spacial score (nSPS) is 11.4. The first kappa shape index (κ1) is 28.5. The topological polar surface area (TPSA) is 143 Å². The zero-order chi connectivity index (χ0) is 22.3. The fourth-order valence-electron chi connectivity index (χ4n) is 3.17. The Bertz CT molecular complexity index is 464. The summed E-state index contributed by atoms with van der Waals surface area (Å²) in [6.07, 6.45) is 18.0. The van der Waals surface area contributed by atoms with Crippen molar-refractivity contribution >= 4 is 29.7 Å². The van der Waals surface area contributed by atoms with Crippen LogP contribution < -0.4 is 21.8 Å². The summed E-state index contributed by atoms with van der Waals surface area (Å²) >= 11 is 1.31. The largest absolute Gasteiger partial charge is 0.481 e. The number of nitrogens with zero attached hydrogens (tertiary/aromatic N) is 1. The third-order valence-corrected chi connectivity index (χ3v) is 5.83. The minimum Gasteiger partial charge on any atom is -0.481 e. The Labute approximate surface area is 186 Å². The molecule has 0 unspecified atom stereocenters. The molecular weight excluding hydrogens is 402 g/mol. The van der Waals surface area contributed by atoms with Crippen LogP contribution >= 0.6 is 11.9 Å². The molecule has 0 aromatic carbocycles. The van der Waals surface area contributed by atoms with Crippen molar-refractivity contribution in [3.8, 4) is 0 Å². The third-order valence-electron chi connectivity index (χ3n) is 4.96. The molecule has 0 aliphatic rings. The van der Waals surface area contributed by atoms with Crippen LogP contribution in [0, 0.1) is 0 Å². The first-order chi connectivity index (χ1) is 14.6. The van der Waals surface area contributed by atoms with Crippen molar-refractivity contribution < 1.29 is 14.7 Å². The molecule has 0 aliphatic heterocycles. The summed E-state index contributed by atoms with van der Waals surface area (Å²) in [6.45, 7) is 0. The van der Waals surface area contributed by atoms with Gasteiger partial charge in [-0.1, -0.05) is 82.6 Å². The summed E-state index contributed by atoms with van der Waals surface area (Å²) in [4.78, 5) is 22.0. The molecule has 0 bridgehead atoms. The highest BCUT2D eigenvalue weighted by Crippen LogP contribution is 2.13. The number of hydrazine groups is 1. The van der Waals surface area contributed by atoms with Gasteiger partial charge in [0, 0.05) is 25.0 Å². The lowest BCUT2D eigenvalue weighted by atomic mass is 10.0. The fourth-order valence-corrected chi connectivity index (χ4v) is 3.83. The van der Waals surface area contributed by atoms with E-state index in [2.05, 4.69) is 15.2 Å². The average Bonchev–Trinajstić information content (AvgIpc) is 2.73. The van der Waals surface area contributed by atoms with Gasteiger partial charge < -0.3 is 21.1 Å². The zero-order valence-corrected chi connectivity index (χ0v) is 19.3. The van der Waals surface area contributed by atoms with E-state index >= 15 is 0 Å². The van der Waals surface area contributed by atoms with Crippen LogP contribution in [0.3, 0.4) is 0 Å². The number of unbranched alkanes of at least 4 members (excludes halogenated alkanes) is 12. The number of amidine groups is 1. The molecule has 30 heavy (non-hydrogen) atoms. The van der Waals surface area contributed by atoms with E-state index in [1.54, 1.807) is 0 Å². The summed E-state index contributed by atoms with van der Waals surface area (Å²) in [5.74, 6) is 11.1. The molecule has 0 heterocycles. The van der Waals surface area contributed by atoms with Crippen LogP contribution in [0.2, 0.25) is 0 Å². The number of amides is 1. The van der Waals surface area contributed by atoms with Gasteiger partial charge in [-0.3, -0.25) is 9.59 Å². The Hall–Kier alpha value is -1.48. The van der Waals surface area contributed by atoms with E-state index in [-0.39, 0.29) is 12.3 Å². The second-order valence-electron chi connectivity index (χ2n) is 7.69. The number of rotatable bonds is 21. The highest BCUT2D eigenvalue weighted by atomic mass is 32.2. The number of nitrogens with one attached hydrogen (secondary N) is 2. The first-order valence-electron chi connectivity index (χ1n) is 11.5. The van der Waals surface area contributed by atoms with Gasteiger partial charge in [-0.15, -0.1) is 0 Å². The summed E-state index contributed by atoms with van der Waals surface area (Å²) in [7, 11) is 0. The molecule has 0 saturated heterocycles. The molecule has 0 atom stereocenters. The smallest absolute Gasteiger partial charge is 0.303 e. The predicted molar refractivity (Wildman–Crippen MR) is 126 cm³/mol. The first-order valence-corrected chi connectivity index (χ1v) is 12.4. The van der Waals surface area contributed by atoms with Gasteiger partial charge in [0.05, 0.1) is 0 Å². The van der Waals surface area contributed by atoms with Crippen molar-refractivity contribution in [3.63, 3.8) is 0 Å². The molecule has 0 rings (SSSR count). The highest BCUT2D eigenvalue weighted by molar-refractivity contribution is 7.97. The number of hydrazone groups is 1. The Balaban J connectivity index is 3.20. The SMILES string of the molecule is N/N=C(/CCCCCCCCCCCCCCCC(=O)NSCCCC(=O)O)NN. The summed E-state index contributed by atoms with van der Waals surface area (Å²) < 4.78 is 2.78. The molecule has 7 N–H and O–H groups in total. The molecule has 0 aromatic rings. The predicted octanol–water partition coefficient (Wildman–Crippen LogP) is 4.20. The van der Waals surface area contributed by atoms with Gasteiger partial charge in [0.15, 0.2) is 0 Å². The van der Waals surface area contributed by atoms with E-state index in [0.29, 0.717) is 24.4 Å². The number of hydrogen-bond donors (Lipinski definition) is 5. The van der Waals surface area contributed by atoms with Crippen LogP contribution in [0.4, 0.5) is 0 Å². The molecule has 8 nitrogen and oxygen atoms in total. The number of carbonyl (C=O) groups excluding carboxylic acids is 1. The number of carbonyl (C=O) groups is 2. The lowest BCUT2D eigenvalue weighted by Gasteiger charge is -2.05. The van der Waals surface area contributed by atoms with Crippen molar-refractivity contribution in [3.05, 3.63) is 0 Å². The van der Waals surface area contributed by atoms with Gasteiger partial charge in [0.1, 0.15) is 5.84 Å². The molecule has 0 spiro atoms. The van der Waals surface area contributed by atoms with Gasteiger partial charge in [-0.2, -0.15) is 5.10 Å². The van der Waals surface area contributed by atoms with Gasteiger partial charge in [0.2, 0.25) is 5.91 Å². The van der Waals surface area contributed by atoms with Gasteiger partial charge in [0.25, 0.3) is 0 Å². The molecule has 0 aliphatic carbocycles. The van der Waals surface area contributed by atoms with Gasteiger partial charge in [-0.25, -0.2) is 5.84 Å². The molecule has 0 aromatic heterocycles. The second kappa shape index (κ2) is 22.2. The minimum absolute atomic E-state index is 0.0549. The van der Waals surface area contributed by atoms with Crippen molar-refractivity contribution in [2.75, 3.05) is 5.75 Å². The van der Waals surface area contributed by atoms with Crippen molar-refractivity contribution in [1.82, 2.24) is 10.1 Å². The maximum absolute atomic E-state index is 11.6. The Morgan fingerprint density at radius 3 is 1.63 bits per heavy atom. The van der Waals surface area contributed by atoms with Crippen LogP contribution in [0.15, 0.2) is 5.10 Å². The molecular formula is C21H43N5O3S. The molecule has 9 heteroatoms. The maximum atomic E-state index is 11.6. The van der Waals surface area contributed by atoms with Crippen molar-refractivity contribution in [2.45, 2.75) is 109 Å². The quantitative estimate of drug-likeness (QED) is 0.0445. The summed E-state index contributed by atoms with van der Waals surface area (Å²) in [5.41, 5.74) is 2.51. The molecule has 0 fully saturated rings. The standard InChI is InChI=1S/C21H43N5O3S/c22-24-19(25-23)15-12-10-8-6-4-2-1-3-5-7-9-11-13-16-20(27)26-30-18-14-17-21(28)29/h1-18,22-23H2,(H,24,25)(H,26,27)(H,28,29). The summed E-state index contributed by atoms with van der Waals surface area (Å²) in [5, 5.41) is 12.1. The van der Waals surface area contributed by atoms with E-state index in [1.807, 2.05) is 0 Å². The Morgan fingerprint density at radius 2 is 1.20 bits per heavy atom. The number of hydrogen-bond acceptors (Lipinski definition) is 6. The van der Waals surface area contributed by atoms with E-state index < -0.39 is 5.97 Å². The van der Waals surface area contributed by atoms with E-state index in [0.717, 1.165) is 25.7 Å². The van der Waals surface area contributed by atoms with Crippen LogP contribution in [-0.2, 0) is 9.59 Å². The lowest BCUT2D eigenvalue weighted by Crippen LogP contribution is -2.31. The Morgan fingerprint density at radius 1 is 0.733 bits per heavy atom. The lowest BCUT2D eigenvalue weighted by molar-refractivity contribution is -0.137. The van der Waals surface area contributed by atoms with Crippen LogP contribution in [0.5, 0.6) is 0 Å². The fraction of sp³-hybridized carbons (Fsp3) is 0.857. The van der Waals surface area contributed by atoms with Crippen molar-refractivity contribution in [1.29, 1.82) is 0 Å². The van der Waals surface area contributed by atoms with Gasteiger partial charge >= 0.3 is 5.97 Å². The van der Waals surface area contributed by atoms with Crippen LogP contribution in [0.25, 0.3) is 0 Å². The second-order valence-corrected chi connectivity index (χ2v) is 8.59. The highest BCUT2D eigenvalue weighted by Gasteiger charge is 2.02. The number of carboxylic acid groups (broad SMARTS) is 1. The summed E-state index contributed by atoms with van der Waals surface area (Å²) in [6, 6.07) is 0. The van der Waals surface area contributed by atoms with E-state index in [1.165, 1.54) is 76.2 Å². The molecule has 176 valence electrons. The monoisotopic (exact) mass is 445 g/mol. The maximum Gasteiger partial charge on any atom is 0.303 e. The Kier molecular flexibility index (Phi) is 21.1.